The van der Waals surface area contributed by atoms with Crippen LogP contribution < -0.4 is 0 Å². The van der Waals surface area contributed by atoms with Gasteiger partial charge in [-0.25, -0.2) is 9.18 Å². The highest BCUT2D eigenvalue weighted by Crippen LogP contribution is 2.27. The average Bonchev–Trinajstić information content (AvgIpc) is 2.74. The lowest BCUT2D eigenvalue weighted by Gasteiger charge is -2.26. The van der Waals surface area contributed by atoms with Crippen LogP contribution in [0.1, 0.15) is 25.7 Å². The molecular weight excluding hydrogens is 229 g/mol. The third-order valence-electron chi connectivity index (χ3n) is 3.37. The Balaban J connectivity index is 1.95. The molecule has 0 aliphatic carbocycles. The van der Waals surface area contributed by atoms with E-state index in [0.29, 0.717) is 13.0 Å². The number of carbonyl (C=O) groups excluding carboxylic acids is 1. The van der Waals surface area contributed by atoms with Crippen LogP contribution in [-0.2, 0) is 14.3 Å². The number of carbonyl (C=O) groups is 2. The van der Waals surface area contributed by atoms with E-state index in [9.17, 15) is 14.0 Å². The SMILES string of the molecule is O=C(C1CCCCO1)N1CCC(F)(C(=O)O)C1. The number of carboxylic acid groups (broad SMARTS) is 1. The maximum Gasteiger partial charge on any atom is 0.343 e. The summed E-state index contributed by atoms with van der Waals surface area (Å²) in [6.45, 7) is 0.340. The second kappa shape index (κ2) is 4.60. The number of carboxylic acids is 1. The molecule has 17 heavy (non-hydrogen) atoms. The predicted octanol–water partition coefficient (Wildman–Crippen LogP) is 0.581. The molecule has 0 radical (unpaired) electrons. The molecule has 2 atom stereocenters. The Morgan fingerprint density at radius 2 is 2.18 bits per heavy atom. The summed E-state index contributed by atoms with van der Waals surface area (Å²) >= 11 is 0. The number of aliphatic carboxylic acids is 1. The second-order valence-electron chi connectivity index (χ2n) is 4.64. The van der Waals surface area contributed by atoms with Crippen LogP contribution >= 0.6 is 0 Å². The Morgan fingerprint density at radius 3 is 2.71 bits per heavy atom. The highest BCUT2D eigenvalue weighted by molar-refractivity contribution is 5.84. The molecule has 0 bridgehead atoms. The molecule has 2 fully saturated rings. The number of likely N-dealkylation sites (tertiary alicyclic amines) is 1. The Kier molecular flexibility index (Phi) is 3.33. The number of hydrogen-bond acceptors (Lipinski definition) is 3. The van der Waals surface area contributed by atoms with Crippen molar-refractivity contribution in [2.24, 2.45) is 0 Å². The quantitative estimate of drug-likeness (QED) is 0.772. The number of rotatable bonds is 2. The van der Waals surface area contributed by atoms with Gasteiger partial charge in [0.05, 0.1) is 6.54 Å². The molecule has 2 unspecified atom stereocenters. The normalized spacial score (nSPS) is 33.7. The van der Waals surface area contributed by atoms with Crippen molar-refractivity contribution in [2.45, 2.75) is 37.5 Å². The van der Waals surface area contributed by atoms with Gasteiger partial charge in [0.15, 0.2) is 0 Å². The van der Waals surface area contributed by atoms with Crippen molar-refractivity contribution in [1.29, 1.82) is 0 Å². The minimum Gasteiger partial charge on any atom is -0.479 e. The van der Waals surface area contributed by atoms with Crippen molar-refractivity contribution in [2.75, 3.05) is 19.7 Å². The van der Waals surface area contributed by atoms with Crippen molar-refractivity contribution in [1.82, 2.24) is 4.90 Å². The van der Waals surface area contributed by atoms with Gasteiger partial charge in [-0.05, 0) is 19.3 Å². The van der Waals surface area contributed by atoms with Gasteiger partial charge in [0, 0.05) is 19.6 Å². The molecule has 2 heterocycles. The lowest BCUT2D eigenvalue weighted by Crippen LogP contribution is -2.44. The van der Waals surface area contributed by atoms with Crippen LogP contribution in [0.4, 0.5) is 4.39 Å². The zero-order chi connectivity index (χ0) is 12.5. The number of ether oxygens (including phenoxy) is 1. The molecule has 0 saturated carbocycles. The molecule has 0 aromatic carbocycles. The number of alkyl halides is 1. The van der Waals surface area contributed by atoms with E-state index in [1.54, 1.807) is 0 Å². The minimum absolute atomic E-state index is 0.138. The first-order chi connectivity index (χ1) is 8.03. The van der Waals surface area contributed by atoms with E-state index in [1.807, 2.05) is 0 Å². The topological polar surface area (TPSA) is 66.8 Å². The monoisotopic (exact) mass is 245 g/mol. The van der Waals surface area contributed by atoms with Gasteiger partial charge < -0.3 is 14.7 Å². The molecule has 1 amide bonds. The van der Waals surface area contributed by atoms with E-state index in [1.165, 1.54) is 4.90 Å². The van der Waals surface area contributed by atoms with E-state index in [4.69, 9.17) is 9.84 Å². The van der Waals surface area contributed by atoms with Gasteiger partial charge in [0.2, 0.25) is 5.67 Å². The van der Waals surface area contributed by atoms with Crippen LogP contribution in [-0.4, -0.2) is 53.4 Å². The maximum atomic E-state index is 13.8. The summed E-state index contributed by atoms with van der Waals surface area (Å²) in [5.74, 6) is -1.76. The summed E-state index contributed by atoms with van der Waals surface area (Å²) in [5.41, 5.74) is -2.29. The van der Waals surface area contributed by atoms with Crippen LogP contribution in [0.25, 0.3) is 0 Å². The first kappa shape index (κ1) is 12.3. The number of halogens is 1. The minimum atomic E-state index is -2.29. The van der Waals surface area contributed by atoms with Gasteiger partial charge >= 0.3 is 5.97 Å². The fraction of sp³-hybridized carbons (Fsp3) is 0.818. The smallest absolute Gasteiger partial charge is 0.343 e. The van der Waals surface area contributed by atoms with Gasteiger partial charge in [-0.3, -0.25) is 4.79 Å². The van der Waals surface area contributed by atoms with Crippen LogP contribution in [0.3, 0.4) is 0 Å². The summed E-state index contributed by atoms with van der Waals surface area (Å²) in [6, 6.07) is 0. The summed E-state index contributed by atoms with van der Waals surface area (Å²) in [4.78, 5) is 23.9. The van der Waals surface area contributed by atoms with Crippen LogP contribution in [0.2, 0.25) is 0 Å². The molecule has 0 aromatic rings. The predicted molar refractivity (Wildman–Crippen MR) is 56.3 cm³/mol. The van der Waals surface area contributed by atoms with Gasteiger partial charge in [-0.15, -0.1) is 0 Å². The summed E-state index contributed by atoms with van der Waals surface area (Å²) in [6.07, 6.45) is 1.85. The molecule has 96 valence electrons. The summed E-state index contributed by atoms with van der Waals surface area (Å²) < 4.78 is 19.1. The van der Waals surface area contributed by atoms with E-state index < -0.39 is 17.7 Å². The zero-order valence-electron chi connectivity index (χ0n) is 9.52. The van der Waals surface area contributed by atoms with E-state index in [-0.39, 0.29) is 25.4 Å². The van der Waals surface area contributed by atoms with E-state index >= 15 is 0 Å². The Morgan fingerprint density at radius 1 is 1.41 bits per heavy atom. The number of hydrogen-bond donors (Lipinski definition) is 1. The third-order valence-corrected chi connectivity index (χ3v) is 3.37. The summed E-state index contributed by atoms with van der Waals surface area (Å²) in [7, 11) is 0. The van der Waals surface area contributed by atoms with Gasteiger partial charge in [-0.1, -0.05) is 0 Å². The molecular formula is C11H16FNO4. The van der Waals surface area contributed by atoms with Crippen molar-refractivity contribution in [3.63, 3.8) is 0 Å². The molecule has 6 heteroatoms. The molecule has 5 nitrogen and oxygen atoms in total. The van der Waals surface area contributed by atoms with Gasteiger partial charge in [0.1, 0.15) is 6.10 Å². The number of nitrogens with zero attached hydrogens (tertiary/aromatic N) is 1. The standard InChI is InChI=1S/C11H16FNO4/c12-11(10(15)16)4-5-13(7-11)9(14)8-3-1-2-6-17-8/h8H,1-7H2,(H,15,16). The largest absolute Gasteiger partial charge is 0.479 e. The Labute approximate surface area is 98.5 Å². The fourth-order valence-electron chi connectivity index (χ4n) is 2.27. The van der Waals surface area contributed by atoms with Crippen molar-refractivity contribution < 1.29 is 23.8 Å². The third kappa shape index (κ3) is 2.41. The first-order valence-corrected chi connectivity index (χ1v) is 5.86. The van der Waals surface area contributed by atoms with Crippen molar-refractivity contribution >= 4 is 11.9 Å². The number of amides is 1. The molecule has 2 rings (SSSR count). The average molecular weight is 245 g/mol. The lowest BCUT2D eigenvalue weighted by molar-refractivity contribution is -0.152. The highest BCUT2D eigenvalue weighted by atomic mass is 19.1. The molecule has 0 spiro atoms. The van der Waals surface area contributed by atoms with Crippen LogP contribution in [0.15, 0.2) is 0 Å². The zero-order valence-corrected chi connectivity index (χ0v) is 9.52. The molecule has 2 aliphatic heterocycles. The maximum absolute atomic E-state index is 13.8. The van der Waals surface area contributed by atoms with Crippen molar-refractivity contribution in [3.05, 3.63) is 0 Å². The molecule has 2 saturated heterocycles. The van der Waals surface area contributed by atoms with Crippen molar-refractivity contribution in [3.8, 4) is 0 Å². The fourth-order valence-corrected chi connectivity index (χ4v) is 2.27. The van der Waals surface area contributed by atoms with Gasteiger partial charge in [-0.2, -0.15) is 0 Å². The Hall–Kier alpha value is -1.17. The first-order valence-electron chi connectivity index (χ1n) is 5.86. The second-order valence-corrected chi connectivity index (χ2v) is 4.64. The highest BCUT2D eigenvalue weighted by Gasteiger charge is 2.47. The molecule has 0 aromatic heterocycles. The molecule has 2 aliphatic rings. The lowest BCUT2D eigenvalue weighted by atomic mass is 10.1. The molecule has 1 N–H and O–H groups in total. The van der Waals surface area contributed by atoms with Crippen LogP contribution in [0, 0.1) is 0 Å². The van der Waals surface area contributed by atoms with Gasteiger partial charge in [0.25, 0.3) is 5.91 Å². The summed E-state index contributed by atoms with van der Waals surface area (Å²) in [5, 5.41) is 8.74. The Bertz CT molecular complexity index is 329. The van der Waals surface area contributed by atoms with E-state index in [2.05, 4.69) is 0 Å². The van der Waals surface area contributed by atoms with E-state index in [0.717, 1.165) is 12.8 Å². The van der Waals surface area contributed by atoms with Crippen LogP contribution in [0.5, 0.6) is 0 Å².